The van der Waals surface area contributed by atoms with E-state index < -0.39 is 0 Å². The summed E-state index contributed by atoms with van der Waals surface area (Å²) in [6.07, 6.45) is 0.982. The first-order chi connectivity index (χ1) is 10.1. The summed E-state index contributed by atoms with van der Waals surface area (Å²) in [6.45, 7) is 1.91. The van der Waals surface area contributed by atoms with E-state index >= 15 is 0 Å². The number of nitrogens with zero attached hydrogens (tertiary/aromatic N) is 1. The van der Waals surface area contributed by atoms with Crippen molar-refractivity contribution in [2.45, 2.75) is 12.8 Å². The summed E-state index contributed by atoms with van der Waals surface area (Å²) in [4.78, 5) is 25.4. The van der Waals surface area contributed by atoms with Gasteiger partial charge in [-0.3, -0.25) is 9.59 Å². The number of likely N-dealkylation sites (tertiary alicyclic amines) is 1. The van der Waals surface area contributed by atoms with Crippen LogP contribution in [0.1, 0.15) is 12.0 Å². The Morgan fingerprint density at radius 1 is 1.43 bits per heavy atom. The van der Waals surface area contributed by atoms with Crippen LogP contribution in [0.3, 0.4) is 0 Å². The van der Waals surface area contributed by atoms with E-state index in [2.05, 4.69) is 5.32 Å². The number of carbonyl (C=O) groups excluding carboxylic acids is 2. The largest absolute Gasteiger partial charge is 0.347 e. The number of carbonyl (C=O) groups is 2. The van der Waals surface area contributed by atoms with Crippen molar-refractivity contribution in [3.8, 4) is 0 Å². The zero-order valence-electron chi connectivity index (χ0n) is 11.8. The highest BCUT2D eigenvalue weighted by molar-refractivity contribution is 5.85. The third-order valence-electron chi connectivity index (χ3n) is 3.66. The van der Waals surface area contributed by atoms with Crippen LogP contribution >= 0.6 is 0 Å². The average molecular weight is 293 g/mol. The van der Waals surface area contributed by atoms with Crippen molar-refractivity contribution in [1.29, 1.82) is 0 Å². The van der Waals surface area contributed by atoms with E-state index in [4.69, 9.17) is 5.73 Å². The molecule has 2 amide bonds. The van der Waals surface area contributed by atoms with Gasteiger partial charge in [0, 0.05) is 13.1 Å². The van der Waals surface area contributed by atoms with Crippen molar-refractivity contribution < 1.29 is 14.0 Å². The molecule has 1 unspecified atom stereocenters. The van der Waals surface area contributed by atoms with E-state index in [0.29, 0.717) is 31.1 Å². The molecule has 21 heavy (non-hydrogen) atoms. The lowest BCUT2D eigenvalue weighted by Gasteiger charge is -2.16. The van der Waals surface area contributed by atoms with Crippen LogP contribution in [0.25, 0.3) is 0 Å². The SMILES string of the molecule is NCC1CCN(C(=O)CNC(=O)Cc2cccc(F)c2)C1. The van der Waals surface area contributed by atoms with Gasteiger partial charge in [0.15, 0.2) is 0 Å². The lowest BCUT2D eigenvalue weighted by molar-refractivity contribution is -0.132. The van der Waals surface area contributed by atoms with Crippen molar-refractivity contribution in [1.82, 2.24) is 10.2 Å². The first-order valence-corrected chi connectivity index (χ1v) is 7.07. The molecule has 1 heterocycles. The van der Waals surface area contributed by atoms with Gasteiger partial charge < -0.3 is 16.0 Å². The number of rotatable bonds is 5. The lowest BCUT2D eigenvalue weighted by atomic mass is 10.1. The molecule has 2 rings (SSSR count). The van der Waals surface area contributed by atoms with Gasteiger partial charge in [-0.1, -0.05) is 12.1 Å². The summed E-state index contributed by atoms with van der Waals surface area (Å²) in [5.41, 5.74) is 6.17. The van der Waals surface area contributed by atoms with Crippen molar-refractivity contribution >= 4 is 11.8 Å². The maximum atomic E-state index is 13.0. The molecule has 0 saturated carbocycles. The van der Waals surface area contributed by atoms with Crippen molar-refractivity contribution in [2.75, 3.05) is 26.2 Å². The highest BCUT2D eigenvalue weighted by Gasteiger charge is 2.25. The summed E-state index contributed by atoms with van der Waals surface area (Å²) in [5.74, 6) is -0.403. The van der Waals surface area contributed by atoms with Crippen LogP contribution < -0.4 is 11.1 Å². The van der Waals surface area contributed by atoms with Gasteiger partial charge in [-0.25, -0.2) is 4.39 Å². The highest BCUT2D eigenvalue weighted by atomic mass is 19.1. The molecule has 3 N–H and O–H groups in total. The quantitative estimate of drug-likeness (QED) is 0.819. The second-order valence-corrected chi connectivity index (χ2v) is 5.31. The monoisotopic (exact) mass is 293 g/mol. The van der Waals surface area contributed by atoms with Gasteiger partial charge >= 0.3 is 0 Å². The second-order valence-electron chi connectivity index (χ2n) is 5.31. The Hall–Kier alpha value is -1.95. The van der Waals surface area contributed by atoms with Gasteiger partial charge in [0.1, 0.15) is 5.82 Å². The Morgan fingerprint density at radius 2 is 2.24 bits per heavy atom. The molecule has 0 aliphatic carbocycles. The standard InChI is InChI=1S/C15H20FN3O2/c16-13-3-1-2-11(6-13)7-14(20)18-9-15(21)19-5-4-12(8-17)10-19/h1-3,6,12H,4-5,7-10,17H2,(H,18,20). The molecular weight excluding hydrogens is 273 g/mol. The minimum Gasteiger partial charge on any atom is -0.347 e. The fraction of sp³-hybridized carbons (Fsp3) is 0.467. The third-order valence-corrected chi connectivity index (χ3v) is 3.66. The normalized spacial score (nSPS) is 17.8. The molecular formula is C15H20FN3O2. The van der Waals surface area contributed by atoms with E-state index in [-0.39, 0.29) is 30.6 Å². The van der Waals surface area contributed by atoms with Gasteiger partial charge in [-0.15, -0.1) is 0 Å². The van der Waals surface area contributed by atoms with Crippen molar-refractivity contribution in [3.63, 3.8) is 0 Å². The van der Waals surface area contributed by atoms with Crippen LogP contribution in [0.15, 0.2) is 24.3 Å². The molecule has 0 radical (unpaired) electrons. The number of hydrogen-bond donors (Lipinski definition) is 2. The third kappa shape index (κ3) is 4.53. The summed E-state index contributed by atoms with van der Waals surface area (Å²) in [6, 6.07) is 5.87. The zero-order chi connectivity index (χ0) is 15.2. The van der Waals surface area contributed by atoms with E-state index in [1.54, 1.807) is 17.0 Å². The minimum absolute atomic E-state index is 0.0224. The number of nitrogens with one attached hydrogen (secondary N) is 1. The van der Waals surface area contributed by atoms with Gasteiger partial charge in [0.2, 0.25) is 11.8 Å². The number of nitrogens with two attached hydrogens (primary N) is 1. The number of halogens is 1. The first-order valence-electron chi connectivity index (χ1n) is 7.07. The minimum atomic E-state index is -0.374. The second kappa shape index (κ2) is 7.17. The molecule has 6 heteroatoms. The molecule has 1 aromatic rings. The van der Waals surface area contributed by atoms with Crippen LogP contribution in [-0.4, -0.2) is 42.9 Å². The molecule has 1 aliphatic heterocycles. The van der Waals surface area contributed by atoms with Gasteiger partial charge in [-0.05, 0) is 36.6 Å². The summed E-state index contributed by atoms with van der Waals surface area (Å²) >= 11 is 0. The molecule has 5 nitrogen and oxygen atoms in total. The zero-order valence-corrected chi connectivity index (χ0v) is 11.8. The topological polar surface area (TPSA) is 75.4 Å². The van der Waals surface area contributed by atoms with E-state index in [9.17, 15) is 14.0 Å². The molecule has 1 fully saturated rings. The predicted molar refractivity (Wildman–Crippen MR) is 76.9 cm³/mol. The molecule has 0 aromatic heterocycles. The lowest BCUT2D eigenvalue weighted by Crippen LogP contribution is -2.39. The van der Waals surface area contributed by atoms with E-state index in [1.165, 1.54) is 12.1 Å². The maximum absolute atomic E-state index is 13.0. The Bertz CT molecular complexity index is 521. The molecule has 1 aliphatic rings. The number of amides is 2. The Morgan fingerprint density at radius 3 is 2.90 bits per heavy atom. The van der Waals surface area contributed by atoms with Gasteiger partial charge in [0.25, 0.3) is 0 Å². The summed E-state index contributed by atoms with van der Waals surface area (Å²) < 4.78 is 13.0. The first kappa shape index (κ1) is 15.4. The number of hydrogen-bond acceptors (Lipinski definition) is 3. The van der Waals surface area contributed by atoms with Crippen LogP contribution in [0.4, 0.5) is 4.39 Å². The smallest absolute Gasteiger partial charge is 0.241 e. The molecule has 1 saturated heterocycles. The molecule has 1 atom stereocenters. The van der Waals surface area contributed by atoms with Crippen LogP contribution in [-0.2, 0) is 16.0 Å². The summed E-state index contributed by atoms with van der Waals surface area (Å²) in [7, 11) is 0. The Labute approximate surface area is 123 Å². The highest BCUT2D eigenvalue weighted by Crippen LogP contribution is 2.14. The summed E-state index contributed by atoms with van der Waals surface area (Å²) in [5, 5.41) is 2.58. The van der Waals surface area contributed by atoms with Crippen molar-refractivity contribution in [2.24, 2.45) is 11.7 Å². The average Bonchev–Trinajstić information content (AvgIpc) is 2.94. The molecule has 0 bridgehead atoms. The van der Waals surface area contributed by atoms with Crippen LogP contribution in [0, 0.1) is 11.7 Å². The fourth-order valence-corrected chi connectivity index (χ4v) is 2.43. The van der Waals surface area contributed by atoms with E-state index in [1.807, 2.05) is 0 Å². The number of benzene rings is 1. The Balaban J connectivity index is 1.75. The van der Waals surface area contributed by atoms with Gasteiger partial charge in [-0.2, -0.15) is 0 Å². The van der Waals surface area contributed by atoms with Crippen LogP contribution in [0.5, 0.6) is 0 Å². The molecule has 114 valence electrons. The van der Waals surface area contributed by atoms with Gasteiger partial charge in [0.05, 0.1) is 13.0 Å². The van der Waals surface area contributed by atoms with Crippen molar-refractivity contribution in [3.05, 3.63) is 35.6 Å². The molecule has 0 spiro atoms. The van der Waals surface area contributed by atoms with Crippen LogP contribution in [0.2, 0.25) is 0 Å². The predicted octanol–water partition coefficient (Wildman–Crippen LogP) is 0.292. The van der Waals surface area contributed by atoms with E-state index in [0.717, 1.165) is 6.42 Å². The maximum Gasteiger partial charge on any atom is 0.241 e. The Kier molecular flexibility index (Phi) is 5.27. The molecule has 1 aromatic carbocycles. The fourth-order valence-electron chi connectivity index (χ4n) is 2.43.